The number of anilines is 3. The third-order valence-corrected chi connectivity index (χ3v) is 4.07. The minimum Gasteiger partial charge on any atom is -0.480 e. The summed E-state index contributed by atoms with van der Waals surface area (Å²) in [5, 5.41) is 3.18. The number of rotatable bonds is 2. The Morgan fingerprint density at radius 1 is 1.30 bits per heavy atom. The predicted molar refractivity (Wildman–Crippen MR) is 92.5 cm³/mol. The van der Waals surface area contributed by atoms with Crippen LogP contribution in [0.4, 0.5) is 17.1 Å². The summed E-state index contributed by atoms with van der Waals surface area (Å²) in [6, 6.07) is 10.4. The molecule has 118 valence electrons. The lowest BCUT2D eigenvalue weighted by Crippen LogP contribution is -2.35. The van der Waals surface area contributed by atoms with Crippen molar-refractivity contribution in [2.24, 2.45) is 0 Å². The second kappa shape index (κ2) is 6.22. The van der Waals surface area contributed by atoms with Gasteiger partial charge in [-0.05, 0) is 52.3 Å². The van der Waals surface area contributed by atoms with Crippen LogP contribution in [0.2, 0.25) is 5.02 Å². The van der Waals surface area contributed by atoms with E-state index in [4.69, 9.17) is 16.3 Å². The molecule has 23 heavy (non-hydrogen) atoms. The van der Waals surface area contributed by atoms with Gasteiger partial charge < -0.3 is 10.1 Å². The van der Waals surface area contributed by atoms with Crippen LogP contribution in [0.1, 0.15) is 6.92 Å². The van der Waals surface area contributed by atoms with E-state index in [-0.39, 0.29) is 18.4 Å². The van der Waals surface area contributed by atoms with Crippen molar-refractivity contribution >= 4 is 56.4 Å². The van der Waals surface area contributed by atoms with E-state index in [9.17, 15) is 9.59 Å². The molecule has 1 aliphatic rings. The molecule has 1 heterocycles. The van der Waals surface area contributed by atoms with E-state index in [0.717, 1.165) is 0 Å². The molecule has 0 spiro atoms. The number of amides is 2. The maximum atomic E-state index is 12.3. The van der Waals surface area contributed by atoms with Crippen molar-refractivity contribution in [3.63, 3.8) is 0 Å². The summed E-state index contributed by atoms with van der Waals surface area (Å²) in [6.07, 6.45) is 0. The first-order valence-electron chi connectivity index (χ1n) is 6.78. The quantitative estimate of drug-likeness (QED) is 0.832. The Morgan fingerprint density at radius 2 is 2.00 bits per heavy atom. The number of hydrogen-bond donors (Lipinski definition) is 1. The molecule has 0 atom stereocenters. The van der Waals surface area contributed by atoms with E-state index in [1.165, 1.54) is 6.92 Å². The molecule has 0 fully saturated rings. The van der Waals surface area contributed by atoms with Crippen molar-refractivity contribution in [1.29, 1.82) is 0 Å². The molecule has 2 aromatic rings. The smallest absolute Gasteiger partial charge is 0.269 e. The van der Waals surface area contributed by atoms with Gasteiger partial charge in [0.1, 0.15) is 0 Å². The Balaban J connectivity index is 2.03. The first kappa shape index (κ1) is 15.8. The average molecular weight is 396 g/mol. The van der Waals surface area contributed by atoms with Crippen molar-refractivity contribution in [3.8, 4) is 5.75 Å². The molecule has 3 rings (SSSR count). The number of ether oxygens (including phenoxy) is 1. The van der Waals surface area contributed by atoms with E-state index >= 15 is 0 Å². The van der Waals surface area contributed by atoms with E-state index < -0.39 is 0 Å². The van der Waals surface area contributed by atoms with Gasteiger partial charge in [-0.25, -0.2) is 0 Å². The summed E-state index contributed by atoms with van der Waals surface area (Å²) < 4.78 is 6.18. The summed E-state index contributed by atoms with van der Waals surface area (Å²) >= 11 is 9.49. The van der Waals surface area contributed by atoms with Crippen molar-refractivity contribution < 1.29 is 14.3 Å². The number of carbonyl (C=O) groups is 2. The highest BCUT2D eigenvalue weighted by Crippen LogP contribution is 2.43. The summed E-state index contributed by atoms with van der Waals surface area (Å²) in [7, 11) is 0. The molecule has 1 N–H and O–H groups in total. The number of fused-ring (bicyclic) bond motifs is 1. The molecular formula is C16H12BrClN2O3. The van der Waals surface area contributed by atoms with E-state index in [1.54, 1.807) is 41.3 Å². The van der Waals surface area contributed by atoms with Crippen LogP contribution in [-0.2, 0) is 9.59 Å². The Morgan fingerprint density at radius 3 is 2.65 bits per heavy atom. The molecule has 0 unspecified atom stereocenters. The van der Waals surface area contributed by atoms with Crippen molar-refractivity contribution in [3.05, 3.63) is 45.9 Å². The summed E-state index contributed by atoms with van der Waals surface area (Å²) in [4.78, 5) is 24.9. The van der Waals surface area contributed by atoms with Gasteiger partial charge in [-0.2, -0.15) is 0 Å². The zero-order chi connectivity index (χ0) is 16.6. The molecule has 2 aromatic carbocycles. The highest BCUT2D eigenvalue weighted by Gasteiger charge is 2.29. The maximum Gasteiger partial charge on any atom is 0.269 e. The summed E-state index contributed by atoms with van der Waals surface area (Å²) in [5.74, 6) is 0.222. The lowest BCUT2D eigenvalue weighted by molar-refractivity contribution is -0.120. The molecule has 2 amide bonds. The SMILES string of the molecule is CC(=O)Nc1ccc(N2C(=O)COc3c(Br)cc(Cl)cc32)cc1. The Hall–Kier alpha value is -2.05. The predicted octanol–water partition coefficient (Wildman–Crippen LogP) is 4.12. The standard InChI is InChI=1S/C16H12BrClN2O3/c1-9(21)19-11-2-4-12(5-3-11)20-14-7-10(18)6-13(17)16(14)23-8-15(20)22/h2-7H,8H2,1H3,(H,19,21). The molecule has 0 saturated carbocycles. The highest BCUT2D eigenvalue weighted by molar-refractivity contribution is 9.10. The maximum absolute atomic E-state index is 12.3. The zero-order valence-corrected chi connectivity index (χ0v) is 14.4. The second-order valence-electron chi connectivity index (χ2n) is 4.98. The number of halogens is 2. The van der Waals surface area contributed by atoms with Crippen LogP contribution in [0.15, 0.2) is 40.9 Å². The molecule has 7 heteroatoms. The van der Waals surface area contributed by atoms with Crippen LogP contribution in [0.25, 0.3) is 0 Å². The molecule has 0 aliphatic carbocycles. The number of benzene rings is 2. The minimum absolute atomic E-state index is 0.0549. The largest absolute Gasteiger partial charge is 0.480 e. The molecule has 0 radical (unpaired) electrons. The highest BCUT2D eigenvalue weighted by atomic mass is 79.9. The van der Waals surface area contributed by atoms with Crippen molar-refractivity contribution in [1.82, 2.24) is 0 Å². The van der Waals surface area contributed by atoms with Gasteiger partial charge in [-0.3, -0.25) is 14.5 Å². The van der Waals surface area contributed by atoms with Crippen molar-refractivity contribution in [2.45, 2.75) is 6.92 Å². The molecule has 0 saturated heterocycles. The van der Waals surface area contributed by atoms with Gasteiger partial charge >= 0.3 is 0 Å². The van der Waals surface area contributed by atoms with Gasteiger partial charge in [-0.15, -0.1) is 0 Å². The third kappa shape index (κ3) is 3.18. The Bertz CT molecular complexity index is 793. The Kier molecular flexibility index (Phi) is 4.28. The second-order valence-corrected chi connectivity index (χ2v) is 6.27. The van der Waals surface area contributed by atoms with Crippen LogP contribution in [0.3, 0.4) is 0 Å². The topological polar surface area (TPSA) is 58.6 Å². The summed E-state index contributed by atoms with van der Waals surface area (Å²) in [6.45, 7) is 1.38. The van der Waals surface area contributed by atoms with Crippen LogP contribution in [0, 0.1) is 0 Å². The minimum atomic E-state index is -0.195. The number of nitrogens with zero attached hydrogens (tertiary/aromatic N) is 1. The first-order valence-corrected chi connectivity index (χ1v) is 7.95. The fraction of sp³-hybridized carbons (Fsp3) is 0.125. The lowest BCUT2D eigenvalue weighted by atomic mass is 10.2. The van der Waals surface area contributed by atoms with Gasteiger partial charge in [0.15, 0.2) is 12.4 Å². The van der Waals surface area contributed by atoms with Crippen molar-refractivity contribution in [2.75, 3.05) is 16.8 Å². The summed E-state index contributed by atoms with van der Waals surface area (Å²) in [5.41, 5.74) is 1.91. The van der Waals surface area contributed by atoms with E-state index in [0.29, 0.717) is 32.3 Å². The van der Waals surface area contributed by atoms with Gasteiger partial charge in [0.05, 0.1) is 10.2 Å². The first-order chi connectivity index (χ1) is 11.0. The van der Waals surface area contributed by atoms with E-state index in [2.05, 4.69) is 21.2 Å². The zero-order valence-electron chi connectivity index (χ0n) is 12.1. The monoisotopic (exact) mass is 394 g/mol. The van der Waals surface area contributed by atoms with Crippen LogP contribution >= 0.6 is 27.5 Å². The normalized spacial score (nSPS) is 13.3. The lowest BCUT2D eigenvalue weighted by Gasteiger charge is -2.30. The van der Waals surface area contributed by atoms with Crippen LogP contribution in [-0.4, -0.2) is 18.4 Å². The third-order valence-electron chi connectivity index (χ3n) is 3.26. The van der Waals surface area contributed by atoms with Gasteiger partial charge in [-0.1, -0.05) is 11.6 Å². The Labute approximate surface area is 146 Å². The van der Waals surface area contributed by atoms with Gasteiger partial charge in [0.2, 0.25) is 5.91 Å². The molecule has 0 bridgehead atoms. The average Bonchev–Trinajstić information content (AvgIpc) is 2.47. The molecule has 1 aliphatic heterocycles. The van der Waals surface area contributed by atoms with Gasteiger partial charge in [0, 0.05) is 23.3 Å². The molecule has 5 nitrogen and oxygen atoms in total. The van der Waals surface area contributed by atoms with E-state index in [1.807, 2.05) is 0 Å². The molecule has 0 aromatic heterocycles. The fourth-order valence-electron chi connectivity index (χ4n) is 2.37. The van der Waals surface area contributed by atoms with Crippen LogP contribution < -0.4 is 15.0 Å². The fourth-order valence-corrected chi connectivity index (χ4v) is 3.28. The number of nitrogens with one attached hydrogen (secondary N) is 1. The van der Waals surface area contributed by atoms with Crippen LogP contribution in [0.5, 0.6) is 5.75 Å². The number of carbonyl (C=O) groups excluding carboxylic acids is 2. The molecular weight excluding hydrogens is 384 g/mol. The van der Waals surface area contributed by atoms with Gasteiger partial charge in [0.25, 0.3) is 5.91 Å². The number of hydrogen-bond acceptors (Lipinski definition) is 3.